The van der Waals surface area contributed by atoms with Crippen molar-refractivity contribution in [2.45, 2.75) is 5.16 Å². The molecule has 2 aromatic carbocycles. The van der Waals surface area contributed by atoms with Crippen LogP contribution in [0.15, 0.2) is 53.7 Å². The number of nitrogens with zero attached hydrogens (tertiary/aromatic N) is 6. The number of anilines is 1. The maximum atomic E-state index is 12.7. The third kappa shape index (κ3) is 4.71. The SMILES string of the molecule is Cn1c(SCC(=O)N2CCN(c3ccc([N+](=O)[O-])cc3)CC2)nnc1-c1ccccc1Cl. The van der Waals surface area contributed by atoms with Crippen LogP contribution in [0.4, 0.5) is 11.4 Å². The highest BCUT2D eigenvalue weighted by Gasteiger charge is 2.23. The second-order valence-electron chi connectivity index (χ2n) is 7.28. The molecular weight excluding hydrogens is 452 g/mol. The van der Waals surface area contributed by atoms with E-state index in [1.165, 1.54) is 23.9 Å². The van der Waals surface area contributed by atoms with Gasteiger partial charge in [-0.05, 0) is 24.3 Å². The molecule has 0 aliphatic carbocycles. The molecule has 1 aromatic heterocycles. The third-order valence-corrected chi connectivity index (χ3v) is 6.67. The second-order valence-corrected chi connectivity index (χ2v) is 8.62. The van der Waals surface area contributed by atoms with Gasteiger partial charge >= 0.3 is 0 Å². The van der Waals surface area contributed by atoms with Crippen LogP contribution < -0.4 is 4.90 Å². The lowest BCUT2D eigenvalue weighted by Gasteiger charge is -2.36. The number of nitro groups is 1. The smallest absolute Gasteiger partial charge is 0.269 e. The van der Waals surface area contributed by atoms with Gasteiger partial charge in [0, 0.05) is 56.6 Å². The first-order valence-electron chi connectivity index (χ1n) is 9.98. The van der Waals surface area contributed by atoms with E-state index in [0.29, 0.717) is 42.2 Å². The predicted molar refractivity (Wildman–Crippen MR) is 124 cm³/mol. The quantitative estimate of drug-likeness (QED) is 0.307. The molecule has 4 rings (SSSR count). The standard InChI is InChI=1S/C21H21ClN6O3S/c1-25-20(17-4-2-3-5-18(17)22)23-24-21(25)32-14-19(29)27-12-10-26(11-13-27)15-6-8-16(9-7-15)28(30)31/h2-9H,10-14H2,1H3. The number of nitro benzene ring substituents is 1. The lowest BCUT2D eigenvalue weighted by Crippen LogP contribution is -2.49. The Morgan fingerprint density at radius 3 is 2.44 bits per heavy atom. The first-order chi connectivity index (χ1) is 15.4. The van der Waals surface area contributed by atoms with Crippen LogP contribution in [-0.2, 0) is 11.8 Å². The van der Waals surface area contributed by atoms with Gasteiger partial charge in [-0.15, -0.1) is 10.2 Å². The Morgan fingerprint density at radius 2 is 1.78 bits per heavy atom. The van der Waals surface area contributed by atoms with Crippen molar-refractivity contribution < 1.29 is 9.72 Å². The lowest BCUT2D eigenvalue weighted by atomic mass is 10.2. The normalized spacial score (nSPS) is 13.9. The van der Waals surface area contributed by atoms with E-state index in [-0.39, 0.29) is 17.3 Å². The summed E-state index contributed by atoms with van der Waals surface area (Å²) in [6, 6.07) is 13.9. The van der Waals surface area contributed by atoms with Gasteiger partial charge in [0.1, 0.15) is 0 Å². The van der Waals surface area contributed by atoms with Crippen LogP contribution in [0.3, 0.4) is 0 Å². The monoisotopic (exact) mass is 472 g/mol. The number of amides is 1. The maximum Gasteiger partial charge on any atom is 0.269 e. The van der Waals surface area contributed by atoms with Crippen molar-refractivity contribution in [3.8, 4) is 11.4 Å². The summed E-state index contributed by atoms with van der Waals surface area (Å²) >= 11 is 7.61. The molecule has 32 heavy (non-hydrogen) atoms. The lowest BCUT2D eigenvalue weighted by molar-refractivity contribution is -0.384. The molecule has 0 N–H and O–H groups in total. The summed E-state index contributed by atoms with van der Waals surface area (Å²) in [5.74, 6) is 0.967. The van der Waals surface area contributed by atoms with E-state index in [2.05, 4.69) is 15.1 Å². The number of piperazine rings is 1. The van der Waals surface area contributed by atoms with Crippen molar-refractivity contribution in [2.24, 2.45) is 7.05 Å². The fraction of sp³-hybridized carbons (Fsp3) is 0.286. The summed E-state index contributed by atoms with van der Waals surface area (Å²) in [5.41, 5.74) is 1.79. The van der Waals surface area contributed by atoms with Gasteiger partial charge in [0.05, 0.1) is 15.7 Å². The molecular formula is C21H21ClN6O3S. The highest BCUT2D eigenvalue weighted by molar-refractivity contribution is 7.99. The Labute approximate surface area is 194 Å². The van der Waals surface area contributed by atoms with E-state index in [1.54, 1.807) is 18.2 Å². The third-order valence-electron chi connectivity index (χ3n) is 5.33. The van der Waals surface area contributed by atoms with Crippen molar-refractivity contribution in [1.29, 1.82) is 0 Å². The predicted octanol–water partition coefficient (Wildman–Crippen LogP) is 3.48. The average molecular weight is 473 g/mol. The summed E-state index contributed by atoms with van der Waals surface area (Å²) in [5, 5.41) is 20.5. The summed E-state index contributed by atoms with van der Waals surface area (Å²) in [6.45, 7) is 2.55. The van der Waals surface area contributed by atoms with Crippen molar-refractivity contribution in [3.05, 3.63) is 63.7 Å². The Kier molecular flexibility index (Phi) is 6.61. The first-order valence-corrected chi connectivity index (χ1v) is 11.3. The molecule has 1 saturated heterocycles. The minimum absolute atomic E-state index is 0.0423. The molecule has 0 radical (unpaired) electrons. The highest BCUT2D eigenvalue weighted by Crippen LogP contribution is 2.28. The number of aromatic nitrogens is 3. The van der Waals surface area contributed by atoms with Gasteiger partial charge in [-0.3, -0.25) is 14.9 Å². The van der Waals surface area contributed by atoms with Crippen LogP contribution in [0.25, 0.3) is 11.4 Å². The van der Waals surface area contributed by atoms with Crippen LogP contribution in [0.1, 0.15) is 0 Å². The van der Waals surface area contributed by atoms with Gasteiger partial charge in [-0.25, -0.2) is 0 Å². The largest absolute Gasteiger partial charge is 0.368 e. The molecule has 11 heteroatoms. The van der Waals surface area contributed by atoms with Crippen molar-refractivity contribution in [1.82, 2.24) is 19.7 Å². The molecule has 1 fully saturated rings. The van der Waals surface area contributed by atoms with Crippen LogP contribution in [0.5, 0.6) is 0 Å². The molecule has 0 unspecified atom stereocenters. The van der Waals surface area contributed by atoms with Gasteiger partial charge in [-0.2, -0.15) is 0 Å². The van der Waals surface area contributed by atoms with Crippen molar-refractivity contribution in [3.63, 3.8) is 0 Å². The molecule has 1 aliphatic heterocycles. The zero-order valence-corrected chi connectivity index (χ0v) is 18.9. The Bertz CT molecular complexity index is 1130. The molecule has 0 spiro atoms. The summed E-state index contributed by atoms with van der Waals surface area (Å²) in [7, 11) is 1.86. The second kappa shape index (κ2) is 9.58. The zero-order valence-electron chi connectivity index (χ0n) is 17.3. The topological polar surface area (TPSA) is 97.4 Å². The molecule has 0 bridgehead atoms. The van der Waals surface area contributed by atoms with Crippen LogP contribution in [-0.4, -0.2) is 62.4 Å². The molecule has 3 aromatic rings. The van der Waals surface area contributed by atoms with E-state index in [0.717, 1.165) is 11.3 Å². The number of rotatable bonds is 6. The highest BCUT2D eigenvalue weighted by atomic mass is 35.5. The molecule has 1 aliphatic rings. The van der Waals surface area contributed by atoms with Gasteiger partial charge in [0.25, 0.3) is 5.69 Å². The number of halogens is 1. The van der Waals surface area contributed by atoms with Crippen molar-refractivity contribution in [2.75, 3.05) is 36.8 Å². The van der Waals surface area contributed by atoms with Crippen molar-refractivity contribution >= 4 is 40.6 Å². The number of non-ortho nitro benzene ring substituents is 1. The summed E-state index contributed by atoms with van der Waals surface area (Å²) in [4.78, 5) is 27.1. The molecule has 0 atom stereocenters. The minimum Gasteiger partial charge on any atom is -0.368 e. The van der Waals surface area contributed by atoms with Crippen LogP contribution >= 0.6 is 23.4 Å². The molecule has 9 nitrogen and oxygen atoms in total. The molecule has 2 heterocycles. The van der Waals surface area contributed by atoms with Gasteiger partial charge in [0.2, 0.25) is 5.91 Å². The van der Waals surface area contributed by atoms with E-state index >= 15 is 0 Å². The molecule has 1 amide bonds. The van der Waals surface area contributed by atoms with Crippen LogP contribution in [0, 0.1) is 10.1 Å². The van der Waals surface area contributed by atoms with Gasteiger partial charge < -0.3 is 14.4 Å². The number of carbonyl (C=O) groups excluding carboxylic acids is 1. The Morgan fingerprint density at radius 1 is 1.09 bits per heavy atom. The van der Waals surface area contributed by atoms with E-state index in [9.17, 15) is 14.9 Å². The van der Waals surface area contributed by atoms with E-state index in [4.69, 9.17) is 11.6 Å². The van der Waals surface area contributed by atoms with Crippen LogP contribution in [0.2, 0.25) is 5.02 Å². The molecule has 0 saturated carbocycles. The van der Waals surface area contributed by atoms with Gasteiger partial charge in [-0.1, -0.05) is 35.5 Å². The Hall–Kier alpha value is -3.11. The number of hydrogen-bond donors (Lipinski definition) is 0. The molecule has 166 valence electrons. The minimum atomic E-state index is -0.410. The Balaban J connectivity index is 1.31. The summed E-state index contributed by atoms with van der Waals surface area (Å²) in [6.07, 6.45) is 0. The zero-order chi connectivity index (χ0) is 22.7. The van der Waals surface area contributed by atoms with Gasteiger partial charge in [0.15, 0.2) is 11.0 Å². The number of thioether (sulfide) groups is 1. The fourth-order valence-electron chi connectivity index (χ4n) is 3.53. The number of benzene rings is 2. The first kappa shape index (κ1) is 22.1. The van der Waals surface area contributed by atoms with E-state index < -0.39 is 4.92 Å². The number of hydrogen-bond acceptors (Lipinski definition) is 7. The fourth-order valence-corrected chi connectivity index (χ4v) is 4.57. The maximum absolute atomic E-state index is 12.7. The number of carbonyl (C=O) groups is 1. The summed E-state index contributed by atoms with van der Waals surface area (Å²) < 4.78 is 1.84. The van der Waals surface area contributed by atoms with E-state index in [1.807, 2.05) is 34.7 Å². The average Bonchev–Trinajstić information content (AvgIpc) is 3.18.